The van der Waals surface area contributed by atoms with Crippen molar-refractivity contribution in [2.45, 2.75) is 76.2 Å². The van der Waals surface area contributed by atoms with E-state index in [-0.39, 0.29) is 18.1 Å². The quantitative estimate of drug-likeness (QED) is 0.864. The van der Waals surface area contributed by atoms with Gasteiger partial charge in [-0.3, -0.25) is 9.69 Å². The van der Waals surface area contributed by atoms with Gasteiger partial charge in [0.2, 0.25) is 0 Å². The van der Waals surface area contributed by atoms with E-state index in [9.17, 15) is 9.90 Å². The summed E-state index contributed by atoms with van der Waals surface area (Å²) in [6.07, 6.45) is 4.63. The Hall–Kier alpha value is -1.39. The third-order valence-electron chi connectivity index (χ3n) is 5.20. The number of carbonyl (C=O) groups excluding carboxylic acids is 1. The predicted molar refractivity (Wildman–Crippen MR) is 93.6 cm³/mol. The number of carbonyl (C=O) groups is 1. The lowest BCUT2D eigenvalue weighted by Crippen LogP contribution is -2.58. The number of esters is 1. The fourth-order valence-corrected chi connectivity index (χ4v) is 4.29. The first-order valence-corrected chi connectivity index (χ1v) is 9.02. The average Bonchev–Trinajstić information content (AvgIpc) is 2.47. The minimum absolute atomic E-state index is 0.162. The first-order valence-electron chi connectivity index (χ1n) is 9.02. The summed E-state index contributed by atoms with van der Waals surface area (Å²) in [5, 5.41) is 11.2. The van der Waals surface area contributed by atoms with Crippen molar-refractivity contribution in [3.63, 3.8) is 0 Å². The molecule has 0 saturated carbocycles. The van der Waals surface area contributed by atoms with Gasteiger partial charge in [0.25, 0.3) is 0 Å². The van der Waals surface area contributed by atoms with Crippen LogP contribution in [0.1, 0.15) is 58.4 Å². The molecule has 2 heterocycles. The van der Waals surface area contributed by atoms with Crippen LogP contribution >= 0.6 is 0 Å². The molecule has 0 amide bonds. The van der Waals surface area contributed by atoms with Crippen LogP contribution < -0.4 is 0 Å². The molecule has 1 aromatic rings. The number of aliphatic hydroxyl groups is 1. The highest BCUT2D eigenvalue weighted by Gasteiger charge is 2.46. The zero-order valence-electron chi connectivity index (χ0n) is 15.0. The summed E-state index contributed by atoms with van der Waals surface area (Å²) >= 11 is 0. The second kappa shape index (κ2) is 6.49. The Labute approximate surface area is 144 Å². The lowest BCUT2D eigenvalue weighted by atomic mass is 9.72. The summed E-state index contributed by atoms with van der Waals surface area (Å²) in [5.74, 6) is -0.162. The second-order valence-corrected chi connectivity index (χ2v) is 8.30. The van der Waals surface area contributed by atoms with E-state index in [0.717, 1.165) is 18.4 Å². The van der Waals surface area contributed by atoms with Gasteiger partial charge in [0.15, 0.2) is 0 Å². The standard InChI is InChI=1S/C20H29NO3/c1-19(2,3)24-18(22)14-21-16-10-7-11-17(21)13-20(23,12-16)15-8-5-4-6-9-15/h4-6,8-9,16-17,23H,7,10-14H2,1-3H3. The van der Waals surface area contributed by atoms with Gasteiger partial charge in [-0.2, -0.15) is 0 Å². The molecule has 0 radical (unpaired) electrons. The predicted octanol–water partition coefficient (Wildman–Crippen LogP) is 3.23. The van der Waals surface area contributed by atoms with E-state index in [0.29, 0.717) is 19.4 Å². The highest BCUT2D eigenvalue weighted by molar-refractivity contribution is 5.72. The summed E-state index contributed by atoms with van der Waals surface area (Å²) in [7, 11) is 0. The van der Waals surface area contributed by atoms with E-state index in [1.807, 2.05) is 51.1 Å². The highest BCUT2D eigenvalue weighted by atomic mass is 16.6. The fourth-order valence-electron chi connectivity index (χ4n) is 4.29. The maximum Gasteiger partial charge on any atom is 0.320 e. The number of piperidine rings is 2. The van der Waals surface area contributed by atoms with Gasteiger partial charge in [0, 0.05) is 12.1 Å². The first kappa shape index (κ1) is 17.4. The van der Waals surface area contributed by atoms with Crippen molar-refractivity contribution in [3.05, 3.63) is 35.9 Å². The molecule has 0 aromatic heterocycles. The van der Waals surface area contributed by atoms with Crippen molar-refractivity contribution in [2.24, 2.45) is 0 Å². The van der Waals surface area contributed by atoms with Crippen molar-refractivity contribution < 1.29 is 14.6 Å². The molecule has 2 fully saturated rings. The number of fused-ring (bicyclic) bond motifs is 2. The monoisotopic (exact) mass is 331 g/mol. The molecule has 0 spiro atoms. The van der Waals surface area contributed by atoms with E-state index in [1.54, 1.807) is 0 Å². The normalized spacial score (nSPS) is 30.8. The Bertz CT molecular complexity index is 564. The van der Waals surface area contributed by atoms with E-state index in [1.165, 1.54) is 6.42 Å². The van der Waals surface area contributed by atoms with Gasteiger partial charge in [-0.05, 0) is 52.0 Å². The molecular formula is C20H29NO3. The molecule has 4 nitrogen and oxygen atoms in total. The number of hydrogen-bond donors (Lipinski definition) is 1. The largest absolute Gasteiger partial charge is 0.459 e. The van der Waals surface area contributed by atoms with Gasteiger partial charge in [-0.25, -0.2) is 0 Å². The molecule has 2 unspecified atom stereocenters. The van der Waals surface area contributed by atoms with Crippen LogP contribution in [0.2, 0.25) is 0 Å². The van der Waals surface area contributed by atoms with E-state index < -0.39 is 11.2 Å². The number of nitrogens with zero attached hydrogens (tertiary/aromatic N) is 1. The van der Waals surface area contributed by atoms with Gasteiger partial charge in [-0.1, -0.05) is 36.8 Å². The molecule has 2 aliphatic rings. The van der Waals surface area contributed by atoms with Gasteiger partial charge < -0.3 is 9.84 Å². The summed E-state index contributed by atoms with van der Waals surface area (Å²) < 4.78 is 5.50. The lowest BCUT2D eigenvalue weighted by Gasteiger charge is -2.52. The van der Waals surface area contributed by atoms with Crippen LogP contribution in [0.3, 0.4) is 0 Å². The third kappa shape index (κ3) is 3.81. The number of hydrogen-bond acceptors (Lipinski definition) is 4. The maximum atomic E-state index is 12.3. The van der Waals surface area contributed by atoms with Crippen molar-refractivity contribution in [1.29, 1.82) is 0 Å². The van der Waals surface area contributed by atoms with E-state index in [4.69, 9.17) is 4.74 Å². The molecule has 0 aliphatic carbocycles. The summed E-state index contributed by atoms with van der Waals surface area (Å²) in [4.78, 5) is 14.5. The van der Waals surface area contributed by atoms with Crippen LogP contribution in [-0.2, 0) is 15.1 Å². The molecule has 2 bridgehead atoms. The first-order chi connectivity index (χ1) is 11.3. The molecule has 2 saturated heterocycles. The van der Waals surface area contributed by atoms with Crippen LogP contribution in [-0.4, -0.2) is 40.2 Å². The third-order valence-corrected chi connectivity index (χ3v) is 5.20. The van der Waals surface area contributed by atoms with E-state index >= 15 is 0 Å². The Morgan fingerprint density at radius 1 is 1.21 bits per heavy atom. The summed E-state index contributed by atoms with van der Waals surface area (Å²) in [6, 6.07) is 10.5. The number of benzene rings is 1. The van der Waals surface area contributed by atoms with Crippen LogP contribution in [0, 0.1) is 0 Å². The highest BCUT2D eigenvalue weighted by Crippen LogP contribution is 2.44. The van der Waals surface area contributed by atoms with Crippen molar-refractivity contribution in [2.75, 3.05) is 6.54 Å². The molecule has 4 heteroatoms. The minimum Gasteiger partial charge on any atom is -0.459 e. The Morgan fingerprint density at radius 2 is 1.79 bits per heavy atom. The van der Waals surface area contributed by atoms with Gasteiger partial charge >= 0.3 is 5.97 Å². The minimum atomic E-state index is -0.776. The van der Waals surface area contributed by atoms with Gasteiger partial charge in [0.1, 0.15) is 5.60 Å². The second-order valence-electron chi connectivity index (χ2n) is 8.30. The number of ether oxygens (including phenoxy) is 1. The Balaban J connectivity index is 1.73. The fraction of sp³-hybridized carbons (Fsp3) is 0.650. The molecule has 132 valence electrons. The Kier molecular flexibility index (Phi) is 4.71. The summed E-state index contributed by atoms with van der Waals surface area (Å²) in [6.45, 7) is 6.03. The topological polar surface area (TPSA) is 49.8 Å². The lowest BCUT2D eigenvalue weighted by molar-refractivity contribution is -0.163. The number of rotatable bonds is 3. The Morgan fingerprint density at radius 3 is 2.33 bits per heavy atom. The maximum absolute atomic E-state index is 12.3. The zero-order valence-corrected chi connectivity index (χ0v) is 15.0. The molecule has 1 aromatic carbocycles. The molecular weight excluding hydrogens is 302 g/mol. The van der Waals surface area contributed by atoms with Crippen molar-refractivity contribution >= 4 is 5.97 Å². The molecule has 3 rings (SSSR count). The molecule has 2 atom stereocenters. The van der Waals surface area contributed by atoms with Crippen molar-refractivity contribution in [1.82, 2.24) is 4.90 Å². The van der Waals surface area contributed by atoms with Gasteiger partial charge in [-0.15, -0.1) is 0 Å². The van der Waals surface area contributed by atoms with Crippen LogP contribution in [0.25, 0.3) is 0 Å². The van der Waals surface area contributed by atoms with Crippen molar-refractivity contribution in [3.8, 4) is 0 Å². The summed E-state index contributed by atoms with van der Waals surface area (Å²) in [5.41, 5.74) is -0.229. The average molecular weight is 331 g/mol. The zero-order chi connectivity index (χ0) is 17.4. The van der Waals surface area contributed by atoms with Crippen LogP contribution in [0.15, 0.2) is 30.3 Å². The van der Waals surface area contributed by atoms with E-state index in [2.05, 4.69) is 4.90 Å². The molecule has 2 aliphatic heterocycles. The molecule has 24 heavy (non-hydrogen) atoms. The smallest absolute Gasteiger partial charge is 0.320 e. The van der Waals surface area contributed by atoms with Gasteiger partial charge in [0.05, 0.1) is 12.1 Å². The van der Waals surface area contributed by atoms with Crippen LogP contribution in [0.4, 0.5) is 0 Å². The SMILES string of the molecule is CC(C)(C)OC(=O)CN1C2CCCC1CC(O)(c1ccccc1)C2. The van der Waals surface area contributed by atoms with Crippen LogP contribution in [0.5, 0.6) is 0 Å². The molecule has 1 N–H and O–H groups in total.